The molecule has 2 unspecified atom stereocenters. The average Bonchev–Trinajstić information content (AvgIpc) is 2.62. The van der Waals surface area contributed by atoms with Crippen LogP contribution in [0.4, 0.5) is 5.69 Å². The third-order valence-electron chi connectivity index (χ3n) is 3.99. The summed E-state index contributed by atoms with van der Waals surface area (Å²) in [6.07, 6.45) is 6.19. The molecular formula is C15H24N2O. The van der Waals surface area contributed by atoms with Gasteiger partial charge in [-0.2, -0.15) is 0 Å². The normalized spacial score (nSPS) is 24.4. The van der Waals surface area contributed by atoms with Gasteiger partial charge in [-0.3, -0.25) is 0 Å². The molecular weight excluding hydrogens is 224 g/mol. The van der Waals surface area contributed by atoms with Gasteiger partial charge in [0.25, 0.3) is 0 Å². The number of nitrogens with zero attached hydrogens (tertiary/aromatic N) is 1. The van der Waals surface area contributed by atoms with E-state index in [0.717, 1.165) is 12.2 Å². The minimum Gasteiger partial charge on any atom is -0.497 e. The van der Waals surface area contributed by atoms with Crippen molar-refractivity contribution < 1.29 is 4.74 Å². The van der Waals surface area contributed by atoms with E-state index in [1.807, 2.05) is 12.1 Å². The highest BCUT2D eigenvalue weighted by atomic mass is 16.5. The summed E-state index contributed by atoms with van der Waals surface area (Å²) in [6.45, 7) is 0. The Balaban J connectivity index is 2.15. The average molecular weight is 248 g/mol. The van der Waals surface area contributed by atoms with Crippen LogP contribution in [-0.4, -0.2) is 26.2 Å². The van der Waals surface area contributed by atoms with Gasteiger partial charge in [0.2, 0.25) is 0 Å². The molecule has 0 aliphatic heterocycles. The van der Waals surface area contributed by atoms with E-state index in [1.54, 1.807) is 7.11 Å². The van der Waals surface area contributed by atoms with E-state index in [2.05, 4.69) is 24.1 Å². The number of hydrogen-bond donors (Lipinski definition) is 1. The first-order chi connectivity index (χ1) is 8.72. The zero-order valence-corrected chi connectivity index (χ0v) is 11.4. The van der Waals surface area contributed by atoms with Crippen LogP contribution in [0.25, 0.3) is 0 Å². The summed E-state index contributed by atoms with van der Waals surface area (Å²) < 4.78 is 5.29. The predicted octanol–water partition coefficient (Wildman–Crippen LogP) is 2.79. The maximum atomic E-state index is 6.31. The van der Waals surface area contributed by atoms with Gasteiger partial charge in [0.15, 0.2) is 0 Å². The molecule has 2 N–H and O–H groups in total. The van der Waals surface area contributed by atoms with Crippen molar-refractivity contribution in [3.05, 3.63) is 24.3 Å². The summed E-state index contributed by atoms with van der Waals surface area (Å²) in [6, 6.07) is 8.94. The van der Waals surface area contributed by atoms with Crippen molar-refractivity contribution in [2.45, 2.75) is 44.2 Å². The van der Waals surface area contributed by atoms with E-state index in [0.29, 0.717) is 6.04 Å². The summed E-state index contributed by atoms with van der Waals surface area (Å²) in [4.78, 5) is 2.32. The van der Waals surface area contributed by atoms with E-state index >= 15 is 0 Å². The van der Waals surface area contributed by atoms with Crippen molar-refractivity contribution in [1.82, 2.24) is 0 Å². The number of methoxy groups -OCH3 is 1. The lowest BCUT2D eigenvalue weighted by atomic mass is 10.0. The molecule has 2 atom stereocenters. The van der Waals surface area contributed by atoms with Crippen LogP contribution in [0.1, 0.15) is 32.1 Å². The molecule has 1 aliphatic rings. The Kier molecular flexibility index (Phi) is 4.48. The fraction of sp³-hybridized carbons (Fsp3) is 0.600. The number of nitrogens with two attached hydrogens (primary N) is 1. The highest BCUT2D eigenvalue weighted by Crippen LogP contribution is 2.27. The first kappa shape index (κ1) is 13.2. The van der Waals surface area contributed by atoms with E-state index in [4.69, 9.17) is 10.5 Å². The topological polar surface area (TPSA) is 38.5 Å². The highest BCUT2D eigenvalue weighted by Gasteiger charge is 2.24. The number of benzene rings is 1. The minimum atomic E-state index is 0.281. The quantitative estimate of drug-likeness (QED) is 0.836. The van der Waals surface area contributed by atoms with Crippen molar-refractivity contribution in [3.8, 4) is 5.75 Å². The third kappa shape index (κ3) is 2.96. The van der Waals surface area contributed by atoms with Crippen LogP contribution in [0.5, 0.6) is 5.75 Å². The van der Waals surface area contributed by atoms with Gasteiger partial charge < -0.3 is 15.4 Å². The molecule has 3 nitrogen and oxygen atoms in total. The molecule has 0 aromatic heterocycles. The van der Waals surface area contributed by atoms with Crippen LogP contribution in [0.3, 0.4) is 0 Å². The second-order valence-corrected chi connectivity index (χ2v) is 5.18. The van der Waals surface area contributed by atoms with Gasteiger partial charge in [0.1, 0.15) is 5.75 Å². The van der Waals surface area contributed by atoms with E-state index < -0.39 is 0 Å². The largest absolute Gasteiger partial charge is 0.497 e. The summed E-state index contributed by atoms with van der Waals surface area (Å²) in [5, 5.41) is 0. The van der Waals surface area contributed by atoms with Crippen LogP contribution >= 0.6 is 0 Å². The molecule has 3 heteroatoms. The molecule has 0 radical (unpaired) electrons. The molecule has 0 heterocycles. The van der Waals surface area contributed by atoms with Crippen molar-refractivity contribution in [1.29, 1.82) is 0 Å². The predicted molar refractivity (Wildman–Crippen MR) is 76.2 cm³/mol. The molecule has 1 aromatic rings. The van der Waals surface area contributed by atoms with E-state index in [9.17, 15) is 0 Å². The summed E-state index contributed by atoms with van der Waals surface area (Å²) in [7, 11) is 3.85. The first-order valence-corrected chi connectivity index (χ1v) is 6.85. The molecule has 0 bridgehead atoms. The zero-order chi connectivity index (χ0) is 13.0. The number of hydrogen-bond acceptors (Lipinski definition) is 3. The number of anilines is 1. The second-order valence-electron chi connectivity index (χ2n) is 5.18. The standard InChI is InChI=1S/C15H24N2O/c1-17(12-7-6-8-13(11-12)18-2)15-10-5-3-4-9-14(15)16/h6-8,11,14-15H,3-5,9-10,16H2,1-2H3. The van der Waals surface area contributed by atoms with Crippen molar-refractivity contribution >= 4 is 5.69 Å². The van der Waals surface area contributed by atoms with Crippen LogP contribution in [0.2, 0.25) is 0 Å². The summed E-state index contributed by atoms with van der Waals surface area (Å²) in [5.74, 6) is 0.904. The Hall–Kier alpha value is -1.22. The van der Waals surface area contributed by atoms with Crippen LogP contribution in [-0.2, 0) is 0 Å². The zero-order valence-electron chi connectivity index (χ0n) is 11.4. The molecule has 0 amide bonds. The Morgan fingerprint density at radius 2 is 2.00 bits per heavy atom. The highest BCUT2D eigenvalue weighted by molar-refractivity contribution is 5.51. The van der Waals surface area contributed by atoms with Gasteiger partial charge in [0.05, 0.1) is 7.11 Å². The molecule has 0 spiro atoms. The first-order valence-electron chi connectivity index (χ1n) is 6.85. The fourth-order valence-corrected chi connectivity index (χ4v) is 2.82. The number of ether oxygens (including phenoxy) is 1. The van der Waals surface area contributed by atoms with Crippen LogP contribution in [0.15, 0.2) is 24.3 Å². The summed E-state index contributed by atoms with van der Waals surface area (Å²) in [5.41, 5.74) is 7.51. The smallest absolute Gasteiger partial charge is 0.120 e. The van der Waals surface area contributed by atoms with Gasteiger partial charge in [-0.15, -0.1) is 0 Å². The van der Waals surface area contributed by atoms with Crippen LogP contribution in [0, 0.1) is 0 Å². The van der Waals surface area contributed by atoms with Gasteiger partial charge >= 0.3 is 0 Å². The second kappa shape index (κ2) is 6.10. The maximum absolute atomic E-state index is 6.31. The van der Waals surface area contributed by atoms with Crippen LogP contribution < -0.4 is 15.4 Å². The number of rotatable bonds is 3. The molecule has 1 fully saturated rings. The SMILES string of the molecule is COc1cccc(N(C)C2CCCCCC2N)c1. The van der Waals surface area contributed by atoms with E-state index in [-0.39, 0.29) is 6.04 Å². The maximum Gasteiger partial charge on any atom is 0.120 e. The Bertz CT molecular complexity index is 381. The molecule has 1 saturated carbocycles. The van der Waals surface area contributed by atoms with E-state index in [1.165, 1.54) is 31.4 Å². The van der Waals surface area contributed by atoms with Gasteiger partial charge in [-0.1, -0.05) is 25.3 Å². The summed E-state index contributed by atoms with van der Waals surface area (Å²) >= 11 is 0. The molecule has 0 saturated heterocycles. The lowest BCUT2D eigenvalue weighted by molar-refractivity contribution is 0.414. The Morgan fingerprint density at radius 3 is 2.78 bits per heavy atom. The third-order valence-corrected chi connectivity index (χ3v) is 3.99. The molecule has 100 valence electrons. The van der Waals surface area contributed by atoms with Gasteiger partial charge in [-0.25, -0.2) is 0 Å². The Morgan fingerprint density at radius 1 is 1.22 bits per heavy atom. The van der Waals surface area contributed by atoms with Gasteiger partial charge in [0, 0.05) is 30.9 Å². The lowest BCUT2D eigenvalue weighted by Crippen LogP contribution is -2.45. The molecule has 2 rings (SSSR count). The van der Waals surface area contributed by atoms with Crippen molar-refractivity contribution in [2.75, 3.05) is 19.1 Å². The Labute approximate surface area is 110 Å². The molecule has 18 heavy (non-hydrogen) atoms. The fourth-order valence-electron chi connectivity index (χ4n) is 2.82. The van der Waals surface area contributed by atoms with Gasteiger partial charge in [-0.05, 0) is 25.0 Å². The minimum absolute atomic E-state index is 0.281. The molecule has 1 aromatic carbocycles. The van der Waals surface area contributed by atoms with Crippen molar-refractivity contribution in [3.63, 3.8) is 0 Å². The van der Waals surface area contributed by atoms with Crippen molar-refractivity contribution in [2.24, 2.45) is 5.73 Å². The molecule has 1 aliphatic carbocycles. The monoisotopic (exact) mass is 248 g/mol. The number of likely N-dealkylation sites (N-methyl/N-ethyl adjacent to an activating group) is 1. The lowest BCUT2D eigenvalue weighted by Gasteiger charge is -2.33.